The Bertz CT molecular complexity index is 816. The van der Waals surface area contributed by atoms with Gasteiger partial charge in [0.15, 0.2) is 6.10 Å². The molecule has 2 saturated heterocycles. The first-order valence-electron chi connectivity index (χ1n) is 10.6. The molecule has 156 valence electrons. The van der Waals surface area contributed by atoms with Gasteiger partial charge in [-0.1, -0.05) is 25.8 Å². The SMILES string of the molecule is CCc1nnc(C2CN(C(=O)Nc3cccc(N4CCCCCC4)c3)CCO2)o1. The fraction of sp³-hybridized carbons (Fsp3) is 0.571. The van der Waals surface area contributed by atoms with E-state index in [0.29, 0.717) is 37.9 Å². The van der Waals surface area contributed by atoms with E-state index in [1.807, 2.05) is 19.1 Å². The first kappa shape index (κ1) is 19.7. The quantitative estimate of drug-likeness (QED) is 0.845. The van der Waals surface area contributed by atoms with Gasteiger partial charge in [0, 0.05) is 37.4 Å². The van der Waals surface area contributed by atoms with Gasteiger partial charge in [0.2, 0.25) is 11.8 Å². The molecule has 4 rings (SSSR count). The van der Waals surface area contributed by atoms with Crippen molar-refractivity contribution in [2.45, 2.75) is 45.1 Å². The number of nitrogens with one attached hydrogen (secondary N) is 1. The molecular weight excluding hydrogens is 370 g/mol. The maximum Gasteiger partial charge on any atom is 0.322 e. The van der Waals surface area contributed by atoms with Crippen molar-refractivity contribution in [3.05, 3.63) is 36.0 Å². The minimum absolute atomic E-state index is 0.137. The Morgan fingerprint density at radius 1 is 1.17 bits per heavy atom. The highest BCUT2D eigenvalue weighted by molar-refractivity contribution is 5.90. The summed E-state index contributed by atoms with van der Waals surface area (Å²) in [5.74, 6) is 1.01. The van der Waals surface area contributed by atoms with Gasteiger partial charge in [0.25, 0.3) is 0 Å². The van der Waals surface area contributed by atoms with E-state index in [0.717, 1.165) is 18.8 Å². The normalized spacial score (nSPS) is 20.4. The zero-order valence-corrected chi connectivity index (χ0v) is 17.0. The van der Waals surface area contributed by atoms with E-state index in [9.17, 15) is 4.79 Å². The van der Waals surface area contributed by atoms with E-state index in [4.69, 9.17) is 9.15 Å². The Morgan fingerprint density at radius 3 is 2.76 bits per heavy atom. The molecule has 2 amide bonds. The molecule has 0 radical (unpaired) electrons. The molecule has 8 heteroatoms. The minimum atomic E-state index is -0.384. The summed E-state index contributed by atoms with van der Waals surface area (Å²) in [6.45, 7) is 5.47. The number of benzene rings is 1. The third-order valence-corrected chi connectivity index (χ3v) is 5.48. The molecule has 8 nitrogen and oxygen atoms in total. The maximum absolute atomic E-state index is 12.8. The maximum atomic E-state index is 12.8. The number of carbonyl (C=O) groups is 1. The minimum Gasteiger partial charge on any atom is -0.422 e. The van der Waals surface area contributed by atoms with Gasteiger partial charge in [-0.2, -0.15) is 0 Å². The van der Waals surface area contributed by atoms with Gasteiger partial charge in [-0.05, 0) is 31.0 Å². The van der Waals surface area contributed by atoms with Crippen molar-refractivity contribution in [2.75, 3.05) is 43.0 Å². The number of aryl methyl sites for hydroxylation is 1. The van der Waals surface area contributed by atoms with Crippen molar-refractivity contribution >= 4 is 17.4 Å². The summed E-state index contributed by atoms with van der Waals surface area (Å²) in [6.07, 6.45) is 5.33. The summed E-state index contributed by atoms with van der Waals surface area (Å²) >= 11 is 0. The van der Waals surface area contributed by atoms with Gasteiger partial charge in [-0.15, -0.1) is 10.2 Å². The number of carbonyl (C=O) groups excluding carboxylic acids is 1. The van der Waals surface area contributed by atoms with Crippen LogP contribution < -0.4 is 10.2 Å². The molecule has 2 aliphatic heterocycles. The number of hydrogen-bond donors (Lipinski definition) is 1. The van der Waals surface area contributed by atoms with Gasteiger partial charge in [-0.25, -0.2) is 4.79 Å². The number of morpholine rings is 1. The lowest BCUT2D eigenvalue weighted by molar-refractivity contribution is -0.0275. The third-order valence-electron chi connectivity index (χ3n) is 5.48. The highest BCUT2D eigenvalue weighted by Crippen LogP contribution is 2.25. The summed E-state index contributed by atoms with van der Waals surface area (Å²) in [7, 11) is 0. The lowest BCUT2D eigenvalue weighted by atomic mass is 10.2. The van der Waals surface area contributed by atoms with Crippen molar-refractivity contribution in [2.24, 2.45) is 0 Å². The third kappa shape index (κ3) is 4.87. The molecule has 1 unspecified atom stereocenters. The van der Waals surface area contributed by atoms with E-state index in [1.165, 1.54) is 31.4 Å². The average molecular weight is 399 g/mol. The lowest BCUT2D eigenvalue weighted by Gasteiger charge is -2.31. The molecule has 1 atom stereocenters. The van der Waals surface area contributed by atoms with Gasteiger partial charge in [-0.3, -0.25) is 0 Å². The van der Waals surface area contributed by atoms with E-state index < -0.39 is 0 Å². The molecule has 1 N–H and O–H groups in total. The van der Waals surface area contributed by atoms with Gasteiger partial charge >= 0.3 is 6.03 Å². The second-order valence-electron chi connectivity index (χ2n) is 7.57. The highest BCUT2D eigenvalue weighted by atomic mass is 16.5. The Balaban J connectivity index is 1.39. The molecule has 1 aromatic carbocycles. The predicted molar refractivity (Wildman–Crippen MR) is 110 cm³/mol. The first-order valence-corrected chi connectivity index (χ1v) is 10.6. The monoisotopic (exact) mass is 399 g/mol. The molecule has 29 heavy (non-hydrogen) atoms. The average Bonchev–Trinajstić information content (AvgIpc) is 3.08. The lowest BCUT2D eigenvalue weighted by Crippen LogP contribution is -2.44. The van der Waals surface area contributed by atoms with E-state index in [1.54, 1.807) is 4.90 Å². The number of aromatic nitrogens is 2. The number of rotatable bonds is 4. The molecule has 2 fully saturated rings. The van der Waals surface area contributed by atoms with Crippen LogP contribution in [-0.2, 0) is 11.2 Å². The number of hydrogen-bond acceptors (Lipinski definition) is 6. The molecule has 3 heterocycles. The smallest absolute Gasteiger partial charge is 0.322 e. The van der Waals surface area contributed by atoms with E-state index in [-0.39, 0.29) is 12.1 Å². The van der Waals surface area contributed by atoms with Crippen LogP contribution in [0.15, 0.2) is 28.7 Å². The zero-order valence-electron chi connectivity index (χ0n) is 17.0. The summed E-state index contributed by atoms with van der Waals surface area (Å²) in [5, 5.41) is 11.1. The second kappa shape index (κ2) is 9.26. The fourth-order valence-electron chi connectivity index (χ4n) is 3.83. The van der Waals surface area contributed by atoms with Crippen LogP contribution in [0.5, 0.6) is 0 Å². The van der Waals surface area contributed by atoms with Crippen LogP contribution in [0.2, 0.25) is 0 Å². The largest absolute Gasteiger partial charge is 0.422 e. The first-order chi connectivity index (χ1) is 14.2. The van der Waals surface area contributed by atoms with Crippen molar-refractivity contribution in [1.82, 2.24) is 15.1 Å². The van der Waals surface area contributed by atoms with Gasteiger partial charge < -0.3 is 24.3 Å². The predicted octanol–water partition coefficient (Wildman–Crippen LogP) is 3.62. The fourth-order valence-corrected chi connectivity index (χ4v) is 3.83. The Kier molecular flexibility index (Phi) is 6.29. The molecule has 1 aromatic heterocycles. The molecule has 0 spiro atoms. The van der Waals surface area contributed by atoms with E-state index in [2.05, 4.69) is 32.5 Å². The van der Waals surface area contributed by atoms with Crippen LogP contribution in [0.4, 0.5) is 16.2 Å². The van der Waals surface area contributed by atoms with Crippen LogP contribution in [0.3, 0.4) is 0 Å². The molecule has 0 bridgehead atoms. The van der Waals surface area contributed by atoms with Crippen LogP contribution in [0, 0.1) is 0 Å². The van der Waals surface area contributed by atoms with Crippen molar-refractivity contribution < 1.29 is 13.9 Å². The van der Waals surface area contributed by atoms with Crippen LogP contribution in [-0.4, -0.2) is 53.9 Å². The molecular formula is C21H29N5O3. The zero-order chi connectivity index (χ0) is 20.1. The van der Waals surface area contributed by atoms with Gasteiger partial charge in [0.1, 0.15) is 0 Å². The Morgan fingerprint density at radius 2 is 2.00 bits per heavy atom. The van der Waals surface area contributed by atoms with Crippen LogP contribution >= 0.6 is 0 Å². The summed E-state index contributed by atoms with van der Waals surface area (Å²) in [4.78, 5) is 17.0. The molecule has 0 aliphatic carbocycles. The number of nitrogens with zero attached hydrogens (tertiary/aromatic N) is 4. The highest BCUT2D eigenvalue weighted by Gasteiger charge is 2.29. The number of urea groups is 1. The molecule has 0 saturated carbocycles. The number of ether oxygens (including phenoxy) is 1. The topological polar surface area (TPSA) is 83.7 Å². The summed E-state index contributed by atoms with van der Waals surface area (Å²) in [5.41, 5.74) is 1.98. The molecule has 2 aliphatic rings. The van der Waals surface area contributed by atoms with E-state index >= 15 is 0 Å². The molecule has 2 aromatic rings. The van der Waals surface area contributed by atoms with Gasteiger partial charge in [0.05, 0.1) is 13.2 Å². The number of amides is 2. The second-order valence-corrected chi connectivity index (χ2v) is 7.57. The Hall–Kier alpha value is -2.61. The van der Waals surface area contributed by atoms with Crippen LogP contribution in [0.25, 0.3) is 0 Å². The number of anilines is 2. The standard InChI is InChI=1S/C21H29N5O3/c1-2-19-23-24-20(29-19)18-15-26(12-13-28-18)21(27)22-16-8-7-9-17(14-16)25-10-5-3-4-6-11-25/h7-9,14,18H,2-6,10-13,15H2,1H3,(H,22,27). The van der Waals surface area contributed by atoms with Crippen LogP contribution in [0.1, 0.15) is 50.5 Å². The summed E-state index contributed by atoms with van der Waals surface area (Å²) < 4.78 is 11.3. The van der Waals surface area contributed by atoms with Crippen molar-refractivity contribution in [1.29, 1.82) is 0 Å². The summed E-state index contributed by atoms with van der Waals surface area (Å²) in [6, 6.07) is 7.98. The van der Waals surface area contributed by atoms with Crippen molar-refractivity contribution in [3.63, 3.8) is 0 Å². The van der Waals surface area contributed by atoms with Crippen molar-refractivity contribution in [3.8, 4) is 0 Å². The Labute approximate surface area is 171 Å².